The topological polar surface area (TPSA) is 73.7 Å². The van der Waals surface area contributed by atoms with E-state index in [-0.39, 0.29) is 12.1 Å². The number of hydrazine groups is 1. The van der Waals surface area contributed by atoms with Crippen molar-refractivity contribution in [3.05, 3.63) is 84.9 Å². The Morgan fingerprint density at radius 3 is 1.50 bits per heavy atom. The normalized spacial score (nSPS) is 18.5. The van der Waals surface area contributed by atoms with E-state index in [9.17, 15) is 0 Å². The monoisotopic (exact) mass is 508 g/mol. The number of ether oxygens (including phenoxy) is 2. The Balaban J connectivity index is 0.997. The zero-order chi connectivity index (χ0) is 25.9. The quantitative estimate of drug-likeness (QED) is 0.381. The van der Waals surface area contributed by atoms with Gasteiger partial charge in [-0.1, -0.05) is 60.7 Å². The molecular weight excluding hydrogens is 476 g/mol. The maximum absolute atomic E-state index is 5.75. The summed E-state index contributed by atoms with van der Waals surface area (Å²) < 4.78 is 11.5. The number of hydrogen-bond donors (Lipinski definition) is 2. The van der Waals surface area contributed by atoms with Crippen molar-refractivity contribution in [2.24, 2.45) is 9.98 Å². The Kier molecular flexibility index (Phi) is 6.60. The molecule has 0 bridgehead atoms. The van der Waals surface area contributed by atoms with Crippen LogP contribution in [-0.2, 0) is 9.47 Å². The largest absolute Gasteiger partial charge is 0.462 e. The first kappa shape index (κ1) is 23.9. The van der Waals surface area contributed by atoms with Crippen LogP contribution in [-0.4, -0.2) is 64.5 Å². The van der Waals surface area contributed by atoms with E-state index in [1.165, 1.54) is 21.5 Å². The molecule has 0 radical (unpaired) electrons. The van der Waals surface area contributed by atoms with E-state index in [4.69, 9.17) is 9.47 Å². The number of benzene rings is 4. The first-order valence-electron chi connectivity index (χ1n) is 12.9. The Labute approximate surface area is 222 Å². The second kappa shape index (κ2) is 10.5. The van der Waals surface area contributed by atoms with Crippen LogP contribution in [0.2, 0.25) is 0 Å². The lowest BCUT2D eigenvalue weighted by Gasteiger charge is -2.21. The average molecular weight is 509 g/mol. The highest BCUT2D eigenvalue weighted by molar-refractivity contribution is 5.87. The fourth-order valence-corrected chi connectivity index (χ4v) is 4.93. The summed E-state index contributed by atoms with van der Waals surface area (Å²) in [6.07, 6.45) is 0. The Hall–Kier alpha value is -4.46. The van der Waals surface area contributed by atoms with E-state index in [1.807, 2.05) is 0 Å². The third kappa shape index (κ3) is 5.29. The highest BCUT2D eigenvalue weighted by Gasteiger charge is 2.24. The van der Waals surface area contributed by atoms with Gasteiger partial charge in [0.1, 0.15) is 25.3 Å². The van der Waals surface area contributed by atoms with Crippen molar-refractivity contribution < 1.29 is 9.47 Å². The van der Waals surface area contributed by atoms with Crippen LogP contribution in [0.5, 0.6) is 0 Å². The number of rotatable bonds is 6. The SMILES string of the molecule is CN(CC1COC(NNC2=NC(CN(C)c3ccc4ccccc4c3)CO2)=N1)c1ccc2ccccc2c1. The fraction of sp³-hybridized carbons (Fsp3) is 0.267. The van der Waals surface area contributed by atoms with Gasteiger partial charge in [0, 0.05) is 38.6 Å². The maximum atomic E-state index is 5.75. The van der Waals surface area contributed by atoms with Crippen LogP contribution in [0.1, 0.15) is 0 Å². The number of fused-ring (bicyclic) bond motifs is 2. The number of likely N-dealkylation sites (N-methyl/N-ethyl adjacent to an activating group) is 2. The molecule has 4 aromatic rings. The zero-order valence-corrected chi connectivity index (χ0v) is 21.7. The average Bonchev–Trinajstić information content (AvgIpc) is 3.60. The van der Waals surface area contributed by atoms with E-state index in [1.54, 1.807) is 0 Å². The van der Waals surface area contributed by atoms with Gasteiger partial charge < -0.3 is 19.3 Å². The Morgan fingerprint density at radius 2 is 1.05 bits per heavy atom. The predicted octanol–water partition coefficient (Wildman–Crippen LogP) is 4.17. The first-order chi connectivity index (χ1) is 18.6. The third-order valence-corrected chi connectivity index (χ3v) is 7.02. The van der Waals surface area contributed by atoms with Gasteiger partial charge in [0.15, 0.2) is 0 Å². The summed E-state index contributed by atoms with van der Waals surface area (Å²) in [4.78, 5) is 13.8. The van der Waals surface area contributed by atoms with Gasteiger partial charge in [-0.05, 0) is 45.8 Å². The van der Waals surface area contributed by atoms with Gasteiger partial charge in [0.05, 0.1) is 0 Å². The molecule has 6 rings (SSSR count). The number of nitrogens with one attached hydrogen (secondary N) is 2. The van der Waals surface area contributed by atoms with Gasteiger partial charge >= 0.3 is 12.0 Å². The van der Waals surface area contributed by atoms with E-state index in [2.05, 4.69) is 130 Å². The van der Waals surface area contributed by atoms with Gasteiger partial charge in [-0.25, -0.2) is 20.8 Å². The summed E-state index contributed by atoms with van der Waals surface area (Å²) in [6, 6.07) is 30.8. The number of hydrogen-bond acceptors (Lipinski definition) is 8. The van der Waals surface area contributed by atoms with Gasteiger partial charge in [0.2, 0.25) is 0 Å². The first-order valence-corrected chi connectivity index (χ1v) is 12.9. The summed E-state index contributed by atoms with van der Waals surface area (Å²) in [5.41, 5.74) is 8.33. The van der Waals surface area contributed by atoms with Crippen LogP contribution in [0.25, 0.3) is 21.5 Å². The molecule has 2 aliphatic rings. The van der Waals surface area contributed by atoms with Crippen LogP contribution in [0, 0.1) is 0 Å². The molecule has 0 aromatic heterocycles. The minimum absolute atomic E-state index is 0.0329. The Bertz CT molecular complexity index is 1390. The molecule has 2 N–H and O–H groups in total. The molecule has 38 heavy (non-hydrogen) atoms. The van der Waals surface area contributed by atoms with Crippen molar-refractivity contribution in [2.45, 2.75) is 12.1 Å². The molecule has 0 saturated carbocycles. The van der Waals surface area contributed by atoms with Gasteiger partial charge in [0.25, 0.3) is 0 Å². The molecule has 2 atom stereocenters. The summed E-state index contributed by atoms with van der Waals surface area (Å²) in [5, 5.41) is 4.94. The summed E-state index contributed by atoms with van der Waals surface area (Å²) in [6.45, 7) is 2.55. The Morgan fingerprint density at radius 1 is 0.632 bits per heavy atom. The minimum atomic E-state index is 0.0329. The van der Waals surface area contributed by atoms with Gasteiger partial charge in [-0.2, -0.15) is 0 Å². The van der Waals surface area contributed by atoms with E-state index < -0.39 is 0 Å². The number of aliphatic imine (C=N–C) groups is 2. The molecule has 0 aliphatic carbocycles. The molecule has 2 heterocycles. The number of nitrogens with zero attached hydrogens (tertiary/aromatic N) is 4. The van der Waals surface area contributed by atoms with Gasteiger partial charge in [-0.3, -0.25) is 0 Å². The lowest BCUT2D eigenvalue weighted by Crippen LogP contribution is -2.42. The highest BCUT2D eigenvalue weighted by Crippen LogP contribution is 2.23. The molecule has 0 spiro atoms. The smallest absolute Gasteiger partial charge is 0.304 e. The van der Waals surface area contributed by atoms with Gasteiger partial charge in [-0.15, -0.1) is 0 Å². The molecule has 0 amide bonds. The molecule has 8 heteroatoms. The molecule has 0 fully saturated rings. The molecule has 194 valence electrons. The van der Waals surface area contributed by atoms with E-state index in [0.29, 0.717) is 25.3 Å². The lowest BCUT2D eigenvalue weighted by atomic mass is 10.1. The summed E-state index contributed by atoms with van der Waals surface area (Å²) in [5.74, 6) is 0. The van der Waals surface area contributed by atoms with E-state index in [0.717, 1.165) is 24.5 Å². The zero-order valence-electron chi connectivity index (χ0n) is 21.7. The molecular formula is C30H32N6O2. The van der Waals surface area contributed by atoms with Crippen LogP contribution >= 0.6 is 0 Å². The van der Waals surface area contributed by atoms with Crippen LogP contribution in [0.3, 0.4) is 0 Å². The lowest BCUT2D eigenvalue weighted by molar-refractivity contribution is 0.289. The third-order valence-electron chi connectivity index (χ3n) is 7.02. The van der Waals surface area contributed by atoms with Crippen molar-refractivity contribution in [3.63, 3.8) is 0 Å². The molecule has 2 aliphatic heterocycles. The van der Waals surface area contributed by atoms with E-state index >= 15 is 0 Å². The second-order valence-corrected chi connectivity index (χ2v) is 9.87. The predicted molar refractivity (Wildman–Crippen MR) is 155 cm³/mol. The van der Waals surface area contributed by atoms with Crippen molar-refractivity contribution in [1.29, 1.82) is 0 Å². The van der Waals surface area contributed by atoms with Crippen molar-refractivity contribution in [3.8, 4) is 0 Å². The van der Waals surface area contributed by atoms with Crippen LogP contribution in [0.15, 0.2) is 94.9 Å². The van der Waals surface area contributed by atoms with Crippen LogP contribution < -0.4 is 20.7 Å². The van der Waals surface area contributed by atoms with Crippen molar-refractivity contribution in [1.82, 2.24) is 10.9 Å². The molecule has 4 aromatic carbocycles. The van der Waals surface area contributed by atoms with Crippen molar-refractivity contribution >= 4 is 45.0 Å². The van der Waals surface area contributed by atoms with Crippen molar-refractivity contribution in [2.75, 3.05) is 50.2 Å². The number of amidine groups is 2. The highest BCUT2D eigenvalue weighted by atomic mass is 16.5. The summed E-state index contributed by atoms with van der Waals surface area (Å²) >= 11 is 0. The van der Waals surface area contributed by atoms with Crippen LogP contribution in [0.4, 0.5) is 11.4 Å². The minimum Gasteiger partial charge on any atom is -0.462 e. The second-order valence-electron chi connectivity index (χ2n) is 9.87. The molecule has 2 unspecified atom stereocenters. The fourth-order valence-electron chi connectivity index (χ4n) is 4.93. The summed E-state index contributed by atoms with van der Waals surface area (Å²) in [7, 11) is 4.17. The standard InChI is InChI=1S/C30H32N6O2/c1-35(27-13-11-21-7-3-5-9-23(21)15-27)17-25-19-37-29(31-25)33-34-30-32-26(20-38-30)18-36(2)28-14-12-22-8-4-6-10-24(22)16-28/h3-16,25-26H,17-20H2,1-2H3,(H,31,33)(H,32,34). The molecule has 8 nitrogen and oxygen atoms in total. The maximum Gasteiger partial charge on any atom is 0.304 e. The number of anilines is 2. The molecule has 0 saturated heterocycles.